The number of carbonyl (C=O) groups excluding carboxylic acids is 1. The summed E-state index contributed by atoms with van der Waals surface area (Å²) in [4.78, 5) is 17.9. The Morgan fingerprint density at radius 1 is 1.07 bits per heavy atom. The van der Waals surface area contributed by atoms with Crippen LogP contribution in [0.25, 0.3) is 0 Å². The fourth-order valence-corrected chi connectivity index (χ4v) is 4.05. The average molecular weight is 424 g/mol. The molecule has 1 aliphatic heterocycles. The maximum absolute atomic E-state index is 12.8. The van der Waals surface area contributed by atoms with Crippen molar-refractivity contribution in [3.8, 4) is 5.75 Å². The second-order valence-corrected chi connectivity index (χ2v) is 7.64. The van der Waals surface area contributed by atoms with Gasteiger partial charge in [0.15, 0.2) is 0 Å². The molecule has 0 unspecified atom stereocenters. The Kier molecular flexibility index (Phi) is 6.28. The molecule has 0 N–H and O–H groups in total. The summed E-state index contributed by atoms with van der Waals surface area (Å²) in [5.74, 6) is -2.01. The van der Waals surface area contributed by atoms with E-state index in [-0.39, 0.29) is 50.0 Å². The van der Waals surface area contributed by atoms with Crippen LogP contribution in [-0.4, -0.2) is 41.2 Å². The summed E-state index contributed by atoms with van der Waals surface area (Å²) in [5.41, 5.74) is -0.921. The average Bonchev–Trinajstić information content (AvgIpc) is 3.13. The fourth-order valence-electron chi connectivity index (χ4n) is 4.05. The summed E-state index contributed by atoms with van der Waals surface area (Å²) in [6, 6.07) is 0.546. The summed E-state index contributed by atoms with van der Waals surface area (Å²) < 4.78 is 82.2. The van der Waals surface area contributed by atoms with Crippen molar-refractivity contribution >= 4 is 5.91 Å². The first-order chi connectivity index (χ1) is 13.6. The predicted molar refractivity (Wildman–Crippen MR) is 91.0 cm³/mol. The maximum atomic E-state index is 12.8. The molecule has 2 fully saturated rings. The maximum Gasteiger partial charge on any atom is 0.418 e. The molecule has 1 aromatic rings. The predicted octanol–water partition coefficient (Wildman–Crippen LogP) is 4.84. The minimum absolute atomic E-state index is 0.0205. The van der Waals surface area contributed by atoms with Crippen molar-refractivity contribution in [3.05, 3.63) is 24.0 Å². The van der Waals surface area contributed by atoms with Crippen molar-refractivity contribution in [1.29, 1.82) is 0 Å². The number of hydrogen-bond acceptors (Lipinski definition) is 3. The zero-order chi connectivity index (χ0) is 21.2. The van der Waals surface area contributed by atoms with Gasteiger partial charge in [0.25, 0.3) is 0 Å². The lowest BCUT2D eigenvalue weighted by atomic mass is 9.81. The van der Waals surface area contributed by atoms with Crippen molar-refractivity contribution in [2.45, 2.75) is 56.9 Å². The molecule has 0 spiro atoms. The van der Waals surface area contributed by atoms with Gasteiger partial charge in [0.05, 0.1) is 23.7 Å². The molecule has 4 nitrogen and oxygen atoms in total. The first-order valence-electron chi connectivity index (χ1n) is 9.58. The molecule has 10 heteroatoms. The number of ether oxygens (including phenoxy) is 1. The zero-order valence-electron chi connectivity index (χ0n) is 15.6. The van der Waals surface area contributed by atoms with Crippen molar-refractivity contribution < 1.29 is 35.9 Å². The molecule has 1 aliphatic carbocycles. The topological polar surface area (TPSA) is 42.4 Å². The van der Waals surface area contributed by atoms with E-state index in [1.807, 2.05) is 0 Å². The highest BCUT2D eigenvalue weighted by Crippen LogP contribution is 2.40. The molecule has 0 bridgehead atoms. The number of hydrogen-bond donors (Lipinski definition) is 0. The summed E-state index contributed by atoms with van der Waals surface area (Å²) in [6.07, 6.45) is -5.22. The standard InChI is InChI=1S/C19H22F6N2O2/c20-18(21,22)13-5-3-12(4-6-13)17(28)27-7-1-2-15(27)11-29-16-8-14(9-26-10-16)19(23,24)25/h8-10,12-13,15H,1-7,11H2/t12-,13-,15-/m1/s1. The van der Waals surface area contributed by atoms with E-state index in [2.05, 4.69) is 4.98 Å². The highest BCUT2D eigenvalue weighted by atomic mass is 19.4. The first-order valence-corrected chi connectivity index (χ1v) is 9.58. The quantitative estimate of drug-likeness (QED) is 0.650. The third-order valence-corrected chi connectivity index (χ3v) is 5.68. The van der Waals surface area contributed by atoms with E-state index in [0.29, 0.717) is 19.2 Å². The minimum Gasteiger partial charge on any atom is -0.490 e. The number of likely N-dealkylation sites (tertiary alicyclic amines) is 1. The third-order valence-electron chi connectivity index (χ3n) is 5.68. The van der Waals surface area contributed by atoms with Crippen molar-refractivity contribution in [1.82, 2.24) is 9.88 Å². The van der Waals surface area contributed by atoms with Gasteiger partial charge in [0.1, 0.15) is 12.4 Å². The van der Waals surface area contributed by atoms with Crippen LogP contribution in [0.1, 0.15) is 44.1 Å². The highest BCUT2D eigenvalue weighted by Gasteiger charge is 2.44. The summed E-state index contributed by atoms with van der Waals surface area (Å²) in [7, 11) is 0. The van der Waals surface area contributed by atoms with Crippen LogP contribution < -0.4 is 4.74 Å². The molecule has 1 saturated carbocycles. The second-order valence-electron chi connectivity index (χ2n) is 7.64. The lowest BCUT2D eigenvalue weighted by Gasteiger charge is -2.33. The molecule has 3 rings (SSSR count). The van der Waals surface area contributed by atoms with Gasteiger partial charge in [0.2, 0.25) is 5.91 Å². The first kappa shape index (κ1) is 21.7. The van der Waals surface area contributed by atoms with Crippen molar-refractivity contribution in [2.24, 2.45) is 11.8 Å². The monoisotopic (exact) mass is 424 g/mol. The van der Waals surface area contributed by atoms with E-state index in [1.54, 1.807) is 4.90 Å². The van der Waals surface area contributed by atoms with Crippen LogP contribution in [0.2, 0.25) is 0 Å². The minimum atomic E-state index is -4.53. The molecule has 1 atom stereocenters. The molecule has 0 aromatic carbocycles. The lowest BCUT2D eigenvalue weighted by Crippen LogP contribution is -2.43. The molecule has 2 heterocycles. The Morgan fingerprint density at radius 3 is 2.38 bits per heavy atom. The van der Waals surface area contributed by atoms with Crippen LogP contribution in [0, 0.1) is 11.8 Å². The van der Waals surface area contributed by atoms with Gasteiger partial charge in [-0.1, -0.05) is 0 Å². The summed E-state index contributed by atoms with van der Waals surface area (Å²) in [6.45, 7) is 0.500. The summed E-state index contributed by atoms with van der Waals surface area (Å²) >= 11 is 0. The number of amides is 1. The molecule has 2 aliphatic rings. The van der Waals surface area contributed by atoms with Gasteiger partial charge >= 0.3 is 12.4 Å². The third kappa shape index (κ3) is 5.33. The van der Waals surface area contributed by atoms with Crippen LogP contribution in [0.3, 0.4) is 0 Å². The van der Waals surface area contributed by atoms with Gasteiger partial charge in [-0.2, -0.15) is 26.3 Å². The van der Waals surface area contributed by atoms with Crippen molar-refractivity contribution in [3.63, 3.8) is 0 Å². The number of pyridine rings is 1. The lowest BCUT2D eigenvalue weighted by molar-refractivity contribution is -0.185. The van der Waals surface area contributed by atoms with E-state index < -0.39 is 29.8 Å². The van der Waals surface area contributed by atoms with E-state index in [0.717, 1.165) is 12.5 Å². The van der Waals surface area contributed by atoms with Crippen molar-refractivity contribution in [2.75, 3.05) is 13.2 Å². The normalized spacial score (nSPS) is 25.9. The van der Waals surface area contributed by atoms with Crippen LogP contribution >= 0.6 is 0 Å². The van der Waals surface area contributed by atoms with Gasteiger partial charge in [-0.05, 0) is 44.6 Å². The smallest absolute Gasteiger partial charge is 0.418 e. The number of aromatic nitrogens is 1. The Hall–Kier alpha value is -2.00. The fraction of sp³-hybridized carbons (Fsp3) is 0.684. The van der Waals surface area contributed by atoms with Crippen LogP contribution in [0.5, 0.6) is 5.75 Å². The number of rotatable bonds is 4. The van der Waals surface area contributed by atoms with E-state index in [4.69, 9.17) is 4.74 Å². The van der Waals surface area contributed by atoms with Gasteiger partial charge < -0.3 is 9.64 Å². The van der Waals surface area contributed by atoms with Crippen LogP contribution in [0.15, 0.2) is 18.5 Å². The number of halogens is 6. The van der Waals surface area contributed by atoms with Gasteiger partial charge in [-0.25, -0.2) is 0 Å². The number of alkyl halides is 6. The Morgan fingerprint density at radius 2 is 1.76 bits per heavy atom. The molecule has 1 saturated heterocycles. The van der Waals surface area contributed by atoms with Gasteiger partial charge in [-0.15, -0.1) is 0 Å². The largest absolute Gasteiger partial charge is 0.490 e. The molecule has 162 valence electrons. The Labute approximate surface area is 164 Å². The van der Waals surface area contributed by atoms with Crippen LogP contribution in [-0.2, 0) is 11.0 Å². The van der Waals surface area contributed by atoms with Crippen LogP contribution in [0.4, 0.5) is 26.3 Å². The van der Waals surface area contributed by atoms with E-state index >= 15 is 0 Å². The van der Waals surface area contributed by atoms with E-state index in [9.17, 15) is 31.1 Å². The van der Waals surface area contributed by atoms with E-state index in [1.165, 1.54) is 6.20 Å². The number of carbonyl (C=O) groups is 1. The van der Waals surface area contributed by atoms with Gasteiger partial charge in [0, 0.05) is 18.7 Å². The molecule has 1 amide bonds. The molecular weight excluding hydrogens is 402 g/mol. The second kappa shape index (κ2) is 8.39. The zero-order valence-corrected chi connectivity index (χ0v) is 15.6. The SMILES string of the molecule is O=C([C@H]1CC[C@H](C(F)(F)F)CC1)N1CCC[C@@H]1COc1cncc(C(F)(F)F)c1. The highest BCUT2D eigenvalue weighted by molar-refractivity contribution is 5.79. The molecular formula is C19H22F6N2O2. The Balaban J connectivity index is 1.56. The number of nitrogens with zero attached hydrogens (tertiary/aromatic N) is 2. The Bertz CT molecular complexity index is 713. The van der Waals surface area contributed by atoms with Gasteiger partial charge in [-0.3, -0.25) is 9.78 Å². The summed E-state index contributed by atoms with van der Waals surface area (Å²) in [5, 5.41) is 0. The molecule has 29 heavy (non-hydrogen) atoms. The molecule has 0 radical (unpaired) electrons. The molecule has 1 aromatic heterocycles.